The number of ether oxygens (including phenoxy) is 1. The van der Waals surface area contributed by atoms with Crippen LogP contribution in [0.1, 0.15) is 16.7 Å². The molecular weight excluding hydrogens is 600 g/mol. The van der Waals surface area contributed by atoms with Gasteiger partial charge in [-0.05, 0) is 60.9 Å². The summed E-state index contributed by atoms with van der Waals surface area (Å²) < 4.78 is 63.3. The lowest BCUT2D eigenvalue weighted by Gasteiger charge is -2.29. The number of hydrogen-bond donors (Lipinski definition) is 1. The normalized spacial score (nSPS) is 13.9. The predicted molar refractivity (Wildman–Crippen MR) is 159 cm³/mol. The van der Waals surface area contributed by atoms with E-state index in [4.69, 9.17) is 21.3 Å². The molecule has 1 aliphatic heterocycles. The Bertz CT molecular complexity index is 1860. The number of nitrogens with zero attached hydrogens (tertiary/aromatic N) is 5. The summed E-state index contributed by atoms with van der Waals surface area (Å²) in [6.45, 7) is 5.88. The molecule has 0 bridgehead atoms. The van der Waals surface area contributed by atoms with Gasteiger partial charge in [0.25, 0.3) is 0 Å². The molecule has 0 aliphatic carbocycles. The van der Waals surface area contributed by atoms with Crippen molar-refractivity contribution >= 4 is 34.6 Å². The van der Waals surface area contributed by atoms with Crippen LogP contribution < -0.4 is 15.0 Å². The highest BCUT2D eigenvalue weighted by molar-refractivity contribution is 6.30. The van der Waals surface area contributed by atoms with Gasteiger partial charge >= 0.3 is 12.1 Å². The van der Waals surface area contributed by atoms with Crippen molar-refractivity contribution in [3.8, 4) is 22.7 Å². The Morgan fingerprint density at radius 1 is 1.05 bits per heavy atom. The second-order valence-electron chi connectivity index (χ2n) is 10.5. The smallest absolute Gasteiger partial charge is 0.417 e. The Morgan fingerprint density at radius 3 is 2.45 bits per heavy atom. The summed E-state index contributed by atoms with van der Waals surface area (Å²) in [4.78, 5) is 19.3. The number of imidazole rings is 1. The summed E-state index contributed by atoms with van der Waals surface area (Å²) in [6.07, 6.45) is -3.59. The van der Waals surface area contributed by atoms with Crippen LogP contribution >= 0.6 is 11.6 Å². The van der Waals surface area contributed by atoms with Gasteiger partial charge in [0.1, 0.15) is 16.9 Å². The highest BCUT2D eigenvalue weighted by atomic mass is 35.5. The molecule has 1 aliphatic rings. The molecule has 1 N–H and O–H groups in total. The number of anilines is 1. The van der Waals surface area contributed by atoms with Crippen molar-refractivity contribution in [2.45, 2.75) is 26.6 Å². The second kappa shape index (κ2) is 11.6. The average molecular weight is 627 g/mol. The van der Waals surface area contributed by atoms with Gasteiger partial charge in [0, 0.05) is 31.7 Å². The first-order chi connectivity index (χ1) is 21.0. The van der Waals surface area contributed by atoms with Crippen molar-refractivity contribution < 1.29 is 27.1 Å². The Kier molecular flexibility index (Phi) is 7.80. The third-order valence-electron chi connectivity index (χ3n) is 7.73. The van der Waals surface area contributed by atoms with E-state index in [2.05, 4.69) is 10.4 Å². The van der Waals surface area contributed by atoms with Crippen molar-refractivity contribution in [3.63, 3.8) is 0 Å². The average Bonchev–Trinajstić information content (AvgIpc) is 3.63. The summed E-state index contributed by atoms with van der Waals surface area (Å²) in [7, 11) is 0. The van der Waals surface area contributed by atoms with Crippen LogP contribution in [0, 0.1) is 19.7 Å². The molecule has 1 fully saturated rings. The Labute approximate surface area is 254 Å². The number of aromatic nitrogens is 4. The molecule has 0 saturated carbocycles. The van der Waals surface area contributed by atoms with Gasteiger partial charge in [0.2, 0.25) is 5.95 Å². The SMILES string of the molecule is Cc1c(C)c(OC(=O)C(F)(F)F)c2c(nc(N3CCNCC3)n2Cc2ccc(F)c(Cl)c2)c1-c1ccnn1-c1ccccc1. The van der Waals surface area contributed by atoms with E-state index in [1.165, 1.54) is 12.1 Å². The minimum atomic E-state index is -5.23. The highest BCUT2D eigenvalue weighted by Gasteiger charge is 2.42. The Hall–Kier alpha value is -4.42. The van der Waals surface area contributed by atoms with Gasteiger partial charge in [-0.3, -0.25) is 0 Å². The molecule has 0 radical (unpaired) electrons. The monoisotopic (exact) mass is 626 g/mol. The zero-order valence-corrected chi connectivity index (χ0v) is 24.5. The van der Waals surface area contributed by atoms with Crippen molar-refractivity contribution in [2.24, 2.45) is 0 Å². The minimum Gasteiger partial charge on any atom is -0.417 e. The molecule has 2 aromatic heterocycles. The second-order valence-corrected chi connectivity index (χ2v) is 10.9. The minimum absolute atomic E-state index is 0.0617. The number of esters is 1. The zero-order chi connectivity index (χ0) is 31.2. The van der Waals surface area contributed by atoms with Crippen LogP contribution in [0.4, 0.5) is 23.5 Å². The molecule has 228 valence electrons. The van der Waals surface area contributed by atoms with Gasteiger partial charge in [-0.1, -0.05) is 35.9 Å². The lowest BCUT2D eigenvalue weighted by Crippen LogP contribution is -2.44. The van der Waals surface area contributed by atoms with Gasteiger partial charge in [0.05, 0.1) is 29.1 Å². The van der Waals surface area contributed by atoms with E-state index < -0.39 is 18.0 Å². The largest absolute Gasteiger partial charge is 0.491 e. The fraction of sp³-hybridized carbons (Fsp3) is 0.258. The number of fused-ring (bicyclic) bond motifs is 1. The number of carbonyl (C=O) groups is 1. The number of rotatable bonds is 6. The van der Waals surface area contributed by atoms with Crippen molar-refractivity contribution in [1.82, 2.24) is 24.6 Å². The maximum Gasteiger partial charge on any atom is 0.491 e. The van der Waals surface area contributed by atoms with Crippen LogP contribution in [0.25, 0.3) is 28.0 Å². The van der Waals surface area contributed by atoms with Crippen molar-refractivity contribution in [1.29, 1.82) is 0 Å². The molecule has 44 heavy (non-hydrogen) atoms. The molecule has 0 unspecified atom stereocenters. The van der Waals surface area contributed by atoms with Crippen LogP contribution in [-0.2, 0) is 11.3 Å². The van der Waals surface area contributed by atoms with E-state index in [-0.39, 0.29) is 22.8 Å². The van der Waals surface area contributed by atoms with Gasteiger partial charge in [-0.2, -0.15) is 18.3 Å². The Balaban J connectivity index is 1.68. The van der Waals surface area contributed by atoms with Crippen molar-refractivity contribution in [2.75, 3.05) is 31.1 Å². The van der Waals surface area contributed by atoms with Crippen LogP contribution in [-0.4, -0.2) is 57.7 Å². The van der Waals surface area contributed by atoms with Crippen LogP contribution in [0.15, 0.2) is 60.8 Å². The number of para-hydroxylation sites is 1. The van der Waals surface area contributed by atoms with E-state index >= 15 is 0 Å². The molecular formula is C31H27ClF4N6O2. The third kappa shape index (κ3) is 5.39. The first-order valence-electron chi connectivity index (χ1n) is 13.9. The van der Waals surface area contributed by atoms with Gasteiger partial charge in [0.15, 0.2) is 5.75 Å². The topological polar surface area (TPSA) is 77.2 Å². The number of benzene rings is 3. The van der Waals surface area contributed by atoms with E-state index in [0.29, 0.717) is 65.6 Å². The highest BCUT2D eigenvalue weighted by Crippen LogP contribution is 2.44. The van der Waals surface area contributed by atoms with Gasteiger partial charge in [-0.25, -0.2) is 18.9 Å². The van der Waals surface area contributed by atoms with Crippen molar-refractivity contribution in [3.05, 3.63) is 88.3 Å². The maximum absolute atomic E-state index is 14.1. The van der Waals surface area contributed by atoms with Crippen LogP contribution in [0.5, 0.6) is 5.75 Å². The molecule has 0 amide bonds. The predicted octanol–water partition coefficient (Wildman–Crippen LogP) is 6.22. The van der Waals surface area contributed by atoms with Crippen LogP contribution in [0.2, 0.25) is 5.02 Å². The van der Waals surface area contributed by atoms with Gasteiger partial charge < -0.3 is 19.5 Å². The van der Waals surface area contributed by atoms with Crippen LogP contribution in [0.3, 0.4) is 0 Å². The number of carbonyl (C=O) groups excluding carboxylic acids is 1. The number of nitrogens with one attached hydrogen (secondary N) is 1. The lowest BCUT2D eigenvalue weighted by atomic mass is 9.97. The van der Waals surface area contributed by atoms with E-state index in [0.717, 1.165) is 5.69 Å². The number of hydrogen-bond acceptors (Lipinski definition) is 6. The Morgan fingerprint density at radius 2 is 1.77 bits per heavy atom. The molecule has 13 heteroatoms. The quantitative estimate of drug-likeness (QED) is 0.137. The molecule has 5 aromatic rings. The molecule has 8 nitrogen and oxygen atoms in total. The molecule has 3 heterocycles. The van der Waals surface area contributed by atoms with E-state index in [9.17, 15) is 22.4 Å². The van der Waals surface area contributed by atoms with Gasteiger partial charge in [-0.15, -0.1) is 0 Å². The summed E-state index contributed by atoms with van der Waals surface area (Å²) in [6, 6.07) is 15.4. The molecule has 6 rings (SSSR count). The number of halogens is 5. The standard InChI is InChI=1S/C31H27ClF4N6O2/c1-18-19(2)28(44-29(43)31(34,35)36)27-26(25(18)24-10-11-38-42(24)21-6-4-3-5-7-21)39-30(40-14-12-37-13-15-40)41(27)17-20-8-9-23(33)22(32)16-20/h3-11,16,37H,12-15,17H2,1-2H3. The summed E-state index contributed by atoms with van der Waals surface area (Å²) in [5.41, 5.74) is 4.04. The summed E-state index contributed by atoms with van der Waals surface area (Å²) in [5, 5.41) is 7.72. The van der Waals surface area contributed by atoms with E-state index in [1.54, 1.807) is 41.4 Å². The lowest BCUT2D eigenvalue weighted by molar-refractivity contribution is -0.189. The number of alkyl halides is 3. The molecule has 0 spiro atoms. The zero-order valence-electron chi connectivity index (χ0n) is 23.8. The maximum atomic E-state index is 14.1. The molecule has 3 aromatic carbocycles. The summed E-state index contributed by atoms with van der Waals surface area (Å²) in [5.74, 6) is -2.74. The fourth-order valence-corrected chi connectivity index (χ4v) is 5.69. The molecule has 0 atom stereocenters. The van der Waals surface area contributed by atoms with E-state index in [1.807, 2.05) is 35.2 Å². The fourth-order valence-electron chi connectivity index (χ4n) is 5.49. The first kappa shape index (κ1) is 29.6. The first-order valence-corrected chi connectivity index (χ1v) is 14.2. The summed E-state index contributed by atoms with van der Waals surface area (Å²) >= 11 is 6.10. The molecule has 1 saturated heterocycles. The number of piperazine rings is 1. The third-order valence-corrected chi connectivity index (χ3v) is 8.02.